The molecule has 0 aliphatic carbocycles. The van der Waals surface area contributed by atoms with Crippen LogP contribution in [0.3, 0.4) is 0 Å². The normalized spacial score (nSPS) is 23.6. The molecule has 0 saturated carbocycles. The quantitative estimate of drug-likeness (QED) is 0.735. The molecule has 17 heavy (non-hydrogen) atoms. The molecule has 0 bridgehead atoms. The number of rotatable bonds is 2. The van der Waals surface area contributed by atoms with Crippen LogP contribution in [0.2, 0.25) is 0 Å². The largest absolute Gasteiger partial charge is 0.478 e. The Kier molecular flexibility index (Phi) is 2.70. The molecule has 1 atom stereocenters. The average molecular weight is 255 g/mol. The molecule has 0 fully saturated rings. The smallest absolute Gasteiger partial charge is 0.352 e. The maximum atomic E-state index is 11.7. The highest BCUT2D eigenvalue weighted by molar-refractivity contribution is 8.00. The molecule has 1 amide bonds. The molecule has 0 aromatic rings. The Morgan fingerprint density at radius 3 is 2.59 bits per heavy atom. The fourth-order valence-corrected chi connectivity index (χ4v) is 3.10. The first-order chi connectivity index (χ1) is 7.93. The molecule has 0 aromatic carbocycles. The first-order valence-corrected chi connectivity index (χ1v) is 5.81. The van der Waals surface area contributed by atoms with Gasteiger partial charge in [0.05, 0.1) is 5.57 Å². The van der Waals surface area contributed by atoms with Crippen molar-refractivity contribution in [1.29, 1.82) is 0 Å². The average Bonchev–Trinajstić information content (AvgIpc) is 2.56. The van der Waals surface area contributed by atoms with Crippen LogP contribution < -0.4 is 0 Å². The van der Waals surface area contributed by atoms with E-state index in [4.69, 9.17) is 10.2 Å². The number of hydrogen-bond donors (Lipinski definition) is 2. The van der Waals surface area contributed by atoms with Crippen LogP contribution >= 0.6 is 11.8 Å². The van der Waals surface area contributed by atoms with E-state index in [1.54, 1.807) is 6.92 Å². The van der Waals surface area contributed by atoms with Gasteiger partial charge in [-0.3, -0.25) is 9.69 Å². The van der Waals surface area contributed by atoms with E-state index in [1.165, 1.54) is 11.8 Å². The van der Waals surface area contributed by atoms with E-state index in [0.29, 0.717) is 11.3 Å². The molecule has 7 heteroatoms. The number of carbonyl (C=O) groups is 3. The zero-order chi connectivity index (χ0) is 12.7. The number of aliphatic carboxylic acids is 2. The summed E-state index contributed by atoms with van der Waals surface area (Å²) in [7, 11) is 0. The third-order valence-corrected chi connectivity index (χ3v) is 3.95. The Morgan fingerprint density at radius 2 is 2.06 bits per heavy atom. The van der Waals surface area contributed by atoms with Crippen molar-refractivity contribution >= 4 is 29.6 Å². The second kappa shape index (κ2) is 3.92. The van der Waals surface area contributed by atoms with Gasteiger partial charge in [-0.05, 0) is 12.5 Å². The summed E-state index contributed by atoms with van der Waals surface area (Å²) in [6.07, 6.45) is 0.988. The summed E-state index contributed by atoms with van der Waals surface area (Å²) in [5.74, 6) is -2.58. The summed E-state index contributed by atoms with van der Waals surface area (Å²) in [4.78, 5) is 34.7. The maximum Gasteiger partial charge on any atom is 0.352 e. The van der Waals surface area contributed by atoms with Gasteiger partial charge < -0.3 is 10.2 Å². The Balaban J connectivity index is 2.46. The lowest BCUT2D eigenvalue weighted by Gasteiger charge is -2.31. The Labute approximate surface area is 101 Å². The molecule has 0 aromatic heterocycles. The number of carbonyl (C=O) groups excluding carboxylic acids is 1. The van der Waals surface area contributed by atoms with Gasteiger partial charge in [0.2, 0.25) is 0 Å². The summed E-state index contributed by atoms with van der Waals surface area (Å²) < 4.78 is 0. The molecule has 2 rings (SSSR count). The first-order valence-electron chi connectivity index (χ1n) is 4.76. The molecular weight excluding hydrogens is 246 g/mol. The van der Waals surface area contributed by atoms with Gasteiger partial charge in [0, 0.05) is 11.8 Å². The standard InChI is InChI=1S/C10H9NO5S/c1-4-3-17-8-5(9(13)14)2-6(12)11(8)7(4)10(15)16/h2,8H,3H2,1H3,(H,13,14)(H,15,16)/t8-/m1/s1. The SMILES string of the molecule is CC1=C(C(=O)O)N2C(=O)C=C(C(=O)O)[C@H]2SC1. The van der Waals surface area contributed by atoms with Crippen LogP contribution in [0.15, 0.2) is 22.9 Å². The predicted octanol–water partition coefficient (Wildman–Crippen LogP) is 0.271. The van der Waals surface area contributed by atoms with Crippen molar-refractivity contribution in [3.63, 3.8) is 0 Å². The number of fused-ring (bicyclic) bond motifs is 1. The van der Waals surface area contributed by atoms with E-state index in [1.807, 2.05) is 0 Å². The molecular formula is C10H9NO5S. The number of carboxylic acids is 2. The van der Waals surface area contributed by atoms with Crippen molar-refractivity contribution in [2.75, 3.05) is 5.75 Å². The van der Waals surface area contributed by atoms with E-state index in [9.17, 15) is 14.4 Å². The zero-order valence-electron chi connectivity index (χ0n) is 8.84. The van der Waals surface area contributed by atoms with Gasteiger partial charge >= 0.3 is 11.9 Å². The molecule has 90 valence electrons. The molecule has 2 heterocycles. The van der Waals surface area contributed by atoms with E-state index in [0.717, 1.165) is 11.0 Å². The molecule has 0 saturated heterocycles. The Bertz CT molecular complexity index is 493. The fraction of sp³-hybridized carbons (Fsp3) is 0.300. The van der Waals surface area contributed by atoms with Gasteiger partial charge in [-0.2, -0.15) is 0 Å². The molecule has 2 aliphatic heterocycles. The van der Waals surface area contributed by atoms with Gasteiger partial charge in [-0.15, -0.1) is 11.8 Å². The minimum atomic E-state index is -1.21. The second-order valence-corrected chi connectivity index (χ2v) is 4.78. The molecule has 2 N–H and O–H groups in total. The minimum absolute atomic E-state index is 0.0637. The van der Waals surface area contributed by atoms with Crippen LogP contribution in [0.25, 0.3) is 0 Å². The third-order valence-electron chi connectivity index (χ3n) is 2.57. The lowest BCUT2D eigenvalue weighted by molar-refractivity contribution is -0.138. The van der Waals surface area contributed by atoms with Gasteiger partial charge in [0.25, 0.3) is 5.91 Å². The van der Waals surface area contributed by atoms with E-state index in [-0.39, 0.29) is 11.3 Å². The highest BCUT2D eigenvalue weighted by Crippen LogP contribution is 2.38. The third kappa shape index (κ3) is 1.72. The summed E-state index contributed by atoms with van der Waals surface area (Å²) in [6, 6.07) is 0. The number of amides is 1. The summed E-state index contributed by atoms with van der Waals surface area (Å²) >= 11 is 1.24. The highest BCUT2D eigenvalue weighted by Gasteiger charge is 2.43. The number of carboxylic acid groups (broad SMARTS) is 2. The summed E-state index contributed by atoms with van der Waals surface area (Å²) in [5.41, 5.74) is 0.393. The van der Waals surface area contributed by atoms with Crippen LogP contribution in [0.4, 0.5) is 0 Å². The van der Waals surface area contributed by atoms with E-state index in [2.05, 4.69) is 0 Å². The van der Waals surface area contributed by atoms with E-state index >= 15 is 0 Å². The highest BCUT2D eigenvalue weighted by atomic mass is 32.2. The van der Waals surface area contributed by atoms with Crippen molar-refractivity contribution in [1.82, 2.24) is 4.90 Å². The van der Waals surface area contributed by atoms with Crippen LogP contribution in [-0.4, -0.2) is 44.1 Å². The lowest BCUT2D eigenvalue weighted by atomic mass is 10.2. The summed E-state index contributed by atoms with van der Waals surface area (Å²) in [6.45, 7) is 1.62. The Morgan fingerprint density at radius 1 is 1.41 bits per heavy atom. The van der Waals surface area contributed by atoms with Gasteiger partial charge in [0.1, 0.15) is 11.1 Å². The number of thioether (sulfide) groups is 1. The number of nitrogens with zero attached hydrogens (tertiary/aromatic N) is 1. The van der Waals surface area contributed by atoms with Crippen LogP contribution in [0.1, 0.15) is 6.92 Å². The monoisotopic (exact) mass is 255 g/mol. The van der Waals surface area contributed by atoms with E-state index < -0.39 is 23.2 Å². The Hall–Kier alpha value is -1.76. The van der Waals surface area contributed by atoms with Crippen molar-refractivity contribution in [3.8, 4) is 0 Å². The molecule has 2 aliphatic rings. The van der Waals surface area contributed by atoms with Gasteiger partial charge in [0.15, 0.2) is 0 Å². The topological polar surface area (TPSA) is 94.9 Å². The summed E-state index contributed by atoms with van der Waals surface area (Å²) in [5, 5.41) is 17.3. The second-order valence-electron chi connectivity index (χ2n) is 3.71. The molecule has 0 spiro atoms. The van der Waals surface area contributed by atoms with Crippen molar-refractivity contribution in [2.45, 2.75) is 12.3 Å². The van der Waals surface area contributed by atoms with Crippen LogP contribution in [0, 0.1) is 0 Å². The van der Waals surface area contributed by atoms with Crippen molar-refractivity contribution < 1.29 is 24.6 Å². The van der Waals surface area contributed by atoms with Crippen molar-refractivity contribution in [3.05, 3.63) is 22.9 Å². The first kappa shape index (κ1) is 11.7. The van der Waals surface area contributed by atoms with Gasteiger partial charge in [-0.25, -0.2) is 9.59 Å². The maximum absolute atomic E-state index is 11.7. The van der Waals surface area contributed by atoms with Crippen LogP contribution in [-0.2, 0) is 14.4 Å². The zero-order valence-corrected chi connectivity index (χ0v) is 9.65. The van der Waals surface area contributed by atoms with Crippen LogP contribution in [0.5, 0.6) is 0 Å². The molecule has 6 nitrogen and oxygen atoms in total. The van der Waals surface area contributed by atoms with Crippen molar-refractivity contribution in [2.24, 2.45) is 0 Å². The molecule has 0 radical (unpaired) electrons. The molecule has 0 unspecified atom stereocenters. The van der Waals surface area contributed by atoms with Gasteiger partial charge in [-0.1, -0.05) is 0 Å². The lowest BCUT2D eigenvalue weighted by Crippen LogP contribution is -2.40. The number of hydrogen-bond acceptors (Lipinski definition) is 4. The predicted molar refractivity (Wildman–Crippen MR) is 59.1 cm³/mol. The minimum Gasteiger partial charge on any atom is -0.478 e. The fourth-order valence-electron chi connectivity index (χ4n) is 1.85.